The number of dihydropyridines is 1. The second kappa shape index (κ2) is 2.53. The van der Waals surface area contributed by atoms with Crippen molar-refractivity contribution in [2.24, 2.45) is 5.73 Å². The second-order valence-electron chi connectivity index (χ2n) is 1.82. The molecule has 10 heavy (non-hydrogen) atoms. The number of carboxylic acids is 1. The maximum absolute atomic E-state index is 10.3. The van der Waals surface area contributed by atoms with E-state index in [2.05, 4.69) is 5.32 Å². The Labute approximate surface area is 58.0 Å². The van der Waals surface area contributed by atoms with Gasteiger partial charge < -0.3 is 16.2 Å². The van der Waals surface area contributed by atoms with Crippen LogP contribution >= 0.6 is 0 Å². The van der Waals surface area contributed by atoms with Crippen LogP contribution in [0.15, 0.2) is 23.9 Å². The fourth-order valence-electron chi connectivity index (χ4n) is 0.612. The molecule has 1 heterocycles. The highest BCUT2D eigenvalue weighted by atomic mass is 16.4. The van der Waals surface area contributed by atoms with Crippen molar-refractivity contribution in [3.8, 4) is 0 Å². The molecule has 0 saturated heterocycles. The minimum absolute atomic E-state index is 0.0972. The van der Waals surface area contributed by atoms with E-state index in [0.29, 0.717) is 6.17 Å². The van der Waals surface area contributed by atoms with Crippen LogP contribution in [0.1, 0.15) is 0 Å². The highest BCUT2D eigenvalue weighted by Gasteiger charge is 2.11. The summed E-state index contributed by atoms with van der Waals surface area (Å²) in [5.41, 5.74) is 5.37. The molecule has 53 valence electrons. The Kier molecular flexibility index (Phi) is 1.73. The van der Waals surface area contributed by atoms with Gasteiger partial charge in [-0.2, -0.15) is 0 Å². The standard InChI is InChI=1S/C6H7N2O2/c7-5-3-1-2-4(8-5)6(9)10/h1-3,8H,7H2,(H,9,10). The van der Waals surface area contributed by atoms with Gasteiger partial charge in [0, 0.05) is 0 Å². The molecule has 0 aliphatic carbocycles. The van der Waals surface area contributed by atoms with Crippen LogP contribution in [0.4, 0.5) is 0 Å². The second-order valence-corrected chi connectivity index (χ2v) is 1.82. The molecule has 4 N–H and O–H groups in total. The van der Waals surface area contributed by atoms with Crippen LogP contribution < -0.4 is 11.1 Å². The molecule has 0 saturated carbocycles. The highest BCUT2D eigenvalue weighted by Crippen LogP contribution is 2.02. The average Bonchev–Trinajstić information content (AvgIpc) is 1.88. The summed E-state index contributed by atoms with van der Waals surface area (Å²) in [7, 11) is 0. The summed E-state index contributed by atoms with van der Waals surface area (Å²) in [6.07, 6.45) is 4.96. The van der Waals surface area contributed by atoms with E-state index in [-0.39, 0.29) is 5.70 Å². The van der Waals surface area contributed by atoms with Crippen LogP contribution in [0.2, 0.25) is 0 Å². The predicted molar refractivity (Wildman–Crippen MR) is 35.4 cm³/mol. The minimum Gasteiger partial charge on any atom is -0.477 e. The molecule has 4 nitrogen and oxygen atoms in total. The molecular formula is C6H7N2O2. The van der Waals surface area contributed by atoms with E-state index in [0.717, 1.165) is 0 Å². The third kappa shape index (κ3) is 1.35. The Balaban J connectivity index is 2.71. The smallest absolute Gasteiger partial charge is 0.352 e. The zero-order valence-corrected chi connectivity index (χ0v) is 5.16. The van der Waals surface area contributed by atoms with Gasteiger partial charge in [-0.1, -0.05) is 6.08 Å². The molecule has 1 radical (unpaired) electrons. The Morgan fingerprint density at radius 3 is 2.80 bits per heavy atom. The number of aliphatic carboxylic acids is 1. The van der Waals surface area contributed by atoms with Gasteiger partial charge in [-0.3, -0.25) is 0 Å². The zero-order chi connectivity index (χ0) is 7.56. The van der Waals surface area contributed by atoms with Gasteiger partial charge >= 0.3 is 5.97 Å². The predicted octanol–water partition coefficient (Wildman–Crippen LogP) is -0.438. The largest absolute Gasteiger partial charge is 0.477 e. The number of rotatable bonds is 1. The minimum atomic E-state index is -1.01. The maximum Gasteiger partial charge on any atom is 0.352 e. The molecule has 1 aliphatic heterocycles. The lowest BCUT2D eigenvalue weighted by atomic mass is 10.2. The van der Waals surface area contributed by atoms with Gasteiger partial charge in [0.25, 0.3) is 0 Å². The first-order chi connectivity index (χ1) is 4.70. The third-order valence-electron chi connectivity index (χ3n) is 1.05. The SMILES string of the molecule is N[C]1C=CC=C(C(=O)O)N1. The van der Waals surface area contributed by atoms with E-state index in [1.807, 2.05) is 0 Å². The lowest BCUT2D eigenvalue weighted by molar-refractivity contribution is -0.133. The number of allylic oxidation sites excluding steroid dienone is 2. The number of hydrogen-bond acceptors (Lipinski definition) is 3. The van der Waals surface area contributed by atoms with Crippen molar-refractivity contribution in [1.82, 2.24) is 5.32 Å². The third-order valence-corrected chi connectivity index (χ3v) is 1.05. The summed E-state index contributed by atoms with van der Waals surface area (Å²) in [5, 5.41) is 10.9. The van der Waals surface area contributed by atoms with E-state index in [9.17, 15) is 4.79 Å². The number of carboxylic acid groups (broad SMARTS) is 1. The van der Waals surface area contributed by atoms with Crippen molar-refractivity contribution < 1.29 is 9.90 Å². The van der Waals surface area contributed by atoms with E-state index in [1.165, 1.54) is 6.08 Å². The van der Waals surface area contributed by atoms with E-state index in [1.54, 1.807) is 12.2 Å². The molecule has 0 aromatic heterocycles. The summed E-state index contributed by atoms with van der Waals surface area (Å²) in [4.78, 5) is 10.3. The first-order valence-corrected chi connectivity index (χ1v) is 2.71. The molecule has 0 aromatic rings. The van der Waals surface area contributed by atoms with Gasteiger partial charge in [-0.05, 0) is 12.2 Å². The lowest BCUT2D eigenvalue weighted by Crippen LogP contribution is -2.31. The molecule has 0 amide bonds. The molecule has 0 spiro atoms. The zero-order valence-electron chi connectivity index (χ0n) is 5.16. The Hall–Kier alpha value is -1.29. The fourth-order valence-corrected chi connectivity index (χ4v) is 0.612. The van der Waals surface area contributed by atoms with Crippen molar-refractivity contribution in [2.75, 3.05) is 0 Å². The number of hydrogen-bond donors (Lipinski definition) is 3. The van der Waals surface area contributed by atoms with Crippen LogP contribution in [0.3, 0.4) is 0 Å². The summed E-state index contributed by atoms with van der Waals surface area (Å²) >= 11 is 0. The van der Waals surface area contributed by atoms with E-state index in [4.69, 9.17) is 10.8 Å². The Bertz CT molecular complexity index is 208. The van der Waals surface area contributed by atoms with E-state index >= 15 is 0 Å². The first kappa shape index (κ1) is 6.82. The normalized spacial score (nSPS) is 17.9. The van der Waals surface area contributed by atoms with Crippen LogP contribution in [-0.4, -0.2) is 11.1 Å². The molecule has 0 fully saturated rings. The molecule has 0 unspecified atom stereocenters. The average molecular weight is 139 g/mol. The van der Waals surface area contributed by atoms with Crippen molar-refractivity contribution in [1.29, 1.82) is 0 Å². The van der Waals surface area contributed by atoms with Crippen LogP contribution in [0, 0.1) is 6.17 Å². The van der Waals surface area contributed by atoms with Crippen LogP contribution in [-0.2, 0) is 4.79 Å². The van der Waals surface area contributed by atoms with Crippen molar-refractivity contribution in [2.45, 2.75) is 0 Å². The van der Waals surface area contributed by atoms with Gasteiger partial charge in [-0.25, -0.2) is 4.79 Å². The van der Waals surface area contributed by atoms with Gasteiger partial charge in [0.05, 0.1) is 0 Å². The Morgan fingerprint density at radius 1 is 1.70 bits per heavy atom. The van der Waals surface area contributed by atoms with Crippen molar-refractivity contribution >= 4 is 5.97 Å². The molecule has 0 atom stereocenters. The maximum atomic E-state index is 10.3. The molecule has 0 aromatic carbocycles. The summed E-state index contributed by atoms with van der Waals surface area (Å²) in [5.74, 6) is -1.01. The first-order valence-electron chi connectivity index (χ1n) is 2.71. The molecule has 4 heteroatoms. The monoisotopic (exact) mass is 139 g/mol. The highest BCUT2D eigenvalue weighted by molar-refractivity contribution is 5.87. The van der Waals surface area contributed by atoms with Crippen molar-refractivity contribution in [3.63, 3.8) is 0 Å². The molecule has 1 rings (SSSR count). The van der Waals surface area contributed by atoms with Gasteiger partial charge in [-0.15, -0.1) is 0 Å². The van der Waals surface area contributed by atoms with Crippen molar-refractivity contribution in [3.05, 3.63) is 30.1 Å². The van der Waals surface area contributed by atoms with Gasteiger partial charge in [0.2, 0.25) is 0 Å². The van der Waals surface area contributed by atoms with Gasteiger partial charge in [0.15, 0.2) is 0 Å². The summed E-state index contributed by atoms with van der Waals surface area (Å²) in [6.45, 7) is 0. The molecule has 1 aliphatic rings. The van der Waals surface area contributed by atoms with E-state index < -0.39 is 5.97 Å². The number of nitrogens with two attached hydrogens (primary N) is 1. The summed E-state index contributed by atoms with van der Waals surface area (Å²) < 4.78 is 0. The Morgan fingerprint density at radius 2 is 2.40 bits per heavy atom. The van der Waals surface area contributed by atoms with Gasteiger partial charge in [0.1, 0.15) is 11.9 Å². The molecular weight excluding hydrogens is 132 g/mol. The topological polar surface area (TPSA) is 75.4 Å². The fraction of sp³-hybridized carbons (Fsp3) is 0. The quantitative estimate of drug-likeness (QED) is 0.460. The summed E-state index contributed by atoms with van der Waals surface area (Å²) in [6, 6.07) is 0. The number of carbonyl (C=O) groups is 1. The lowest BCUT2D eigenvalue weighted by Gasteiger charge is -2.12. The number of nitrogens with one attached hydrogen (secondary N) is 1. The van der Waals surface area contributed by atoms with Crippen LogP contribution in [0.5, 0.6) is 0 Å². The van der Waals surface area contributed by atoms with Crippen LogP contribution in [0.25, 0.3) is 0 Å². The molecule has 0 bridgehead atoms.